The Balaban J connectivity index is 1.45. The summed E-state index contributed by atoms with van der Waals surface area (Å²) in [5.41, 5.74) is 1.96. The molecule has 1 fully saturated rings. The lowest BCUT2D eigenvalue weighted by Gasteiger charge is -2.23. The van der Waals surface area contributed by atoms with E-state index < -0.39 is 0 Å². The Bertz CT molecular complexity index is 712. The highest BCUT2D eigenvalue weighted by Gasteiger charge is 2.32. The van der Waals surface area contributed by atoms with E-state index in [1.54, 1.807) is 6.20 Å². The molecule has 0 saturated heterocycles. The van der Waals surface area contributed by atoms with E-state index in [4.69, 9.17) is 4.74 Å². The molecule has 2 amide bonds. The normalized spacial score (nSPS) is 13.4. The monoisotopic (exact) mass is 367 g/mol. The van der Waals surface area contributed by atoms with E-state index in [1.807, 2.05) is 47.4 Å². The third-order valence-electron chi connectivity index (χ3n) is 4.68. The van der Waals surface area contributed by atoms with Gasteiger partial charge in [-0.15, -0.1) is 0 Å². The first kappa shape index (κ1) is 19.2. The van der Waals surface area contributed by atoms with Crippen LogP contribution in [0.4, 0.5) is 4.79 Å². The second-order valence-corrected chi connectivity index (χ2v) is 7.52. The maximum Gasteiger partial charge on any atom is 0.317 e. The summed E-state index contributed by atoms with van der Waals surface area (Å²) in [7, 11) is 0. The predicted octanol–water partition coefficient (Wildman–Crippen LogP) is 4.38. The molecule has 0 unspecified atom stereocenters. The molecule has 1 aliphatic carbocycles. The van der Waals surface area contributed by atoms with Crippen LogP contribution in [-0.2, 0) is 13.2 Å². The van der Waals surface area contributed by atoms with Crippen LogP contribution in [0.1, 0.15) is 44.4 Å². The molecular formula is C22H29N3O2. The molecule has 5 nitrogen and oxygen atoms in total. The van der Waals surface area contributed by atoms with Crippen molar-refractivity contribution >= 4 is 6.03 Å². The first-order valence-corrected chi connectivity index (χ1v) is 9.78. The fourth-order valence-corrected chi connectivity index (χ4v) is 2.86. The summed E-state index contributed by atoms with van der Waals surface area (Å²) < 4.78 is 5.75. The average molecular weight is 367 g/mol. The smallest absolute Gasteiger partial charge is 0.317 e. The summed E-state index contributed by atoms with van der Waals surface area (Å²) in [5, 5.41) is 3.06. The van der Waals surface area contributed by atoms with E-state index in [1.165, 1.54) is 0 Å². The van der Waals surface area contributed by atoms with Gasteiger partial charge in [0.1, 0.15) is 12.4 Å². The Hall–Kier alpha value is -2.56. The van der Waals surface area contributed by atoms with Gasteiger partial charge in [-0.3, -0.25) is 4.98 Å². The van der Waals surface area contributed by atoms with Crippen molar-refractivity contribution in [2.24, 2.45) is 5.92 Å². The van der Waals surface area contributed by atoms with Crippen LogP contribution in [0, 0.1) is 5.92 Å². The number of ether oxygens (including phenoxy) is 1. The van der Waals surface area contributed by atoms with Gasteiger partial charge in [-0.2, -0.15) is 0 Å². The quantitative estimate of drug-likeness (QED) is 0.715. The Morgan fingerprint density at radius 3 is 2.63 bits per heavy atom. The number of rotatable bonds is 9. The molecule has 5 heteroatoms. The molecule has 0 atom stereocenters. The summed E-state index contributed by atoms with van der Waals surface area (Å²) in [5.74, 6) is 1.41. The zero-order chi connectivity index (χ0) is 19.1. The largest absolute Gasteiger partial charge is 0.487 e. The van der Waals surface area contributed by atoms with E-state index in [0.717, 1.165) is 42.8 Å². The highest BCUT2D eigenvalue weighted by Crippen LogP contribution is 2.27. The fourth-order valence-electron chi connectivity index (χ4n) is 2.86. The van der Waals surface area contributed by atoms with Crippen molar-refractivity contribution in [3.63, 3.8) is 0 Å². The van der Waals surface area contributed by atoms with Gasteiger partial charge >= 0.3 is 6.03 Å². The van der Waals surface area contributed by atoms with E-state index in [-0.39, 0.29) is 6.03 Å². The van der Waals surface area contributed by atoms with Gasteiger partial charge in [0.15, 0.2) is 0 Å². The summed E-state index contributed by atoms with van der Waals surface area (Å²) >= 11 is 0. The number of pyridine rings is 1. The van der Waals surface area contributed by atoms with Gasteiger partial charge in [0.25, 0.3) is 0 Å². The van der Waals surface area contributed by atoms with Crippen LogP contribution >= 0.6 is 0 Å². The van der Waals surface area contributed by atoms with Crippen LogP contribution in [0.25, 0.3) is 0 Å². The standard InChI is InChI=1S/C22H29N3O2/c1-17(2)12-14-25(20-8-9-20)22(26)24-15-18-6-10-21(11-7-18)27-16-19-5-3-4-13-23-19/h3-7,10-11,13,17,20H,8-9,12,14-16H2,1-2H3,(H,24,26). The lowest BCUT2D eigenvalue weighted by molar-refractivity contribution is 0.191. The number of benzene rings is 1. The van der Waals surface area contributed by atoms with Crippen LogP contribution in [0.15, 0.2) is 48.7 Å². The van der Waals surface area contributed by atoms with Gasteiger partial charge in [-0.1, -0.05) is 32.0 Å². The lowest BCUT2D eigenvalue weighted by Crippen LogP contribution is -2.41. The van der Waals surface area contributed by atoms with E-state index >= 15 is 0 Å². The minimum Gasteiger partial charge on any atom is -0.487 e. The Morgan fingerprint density at radius 2 is 2.00 bits per heavy atom. The van der Waals surface area contributed by atoms with Crippen LogP contribution in [0.5, 0.6) is 5.75 Å². The molecule has 1 aliphatic rings. The first-order chi connectivity index (χ1) is 13.1. The molecule has 3 rings (SSSR count). The Labute approximate surface area is 161 Å². The van der Waals surface area contributed by atoms with Crippen LogP contribution in [-0.4, -0.2) is 28.5 Å². The topological polar surface area (TPSA) is 54.5 Å². The van der Waals surface area contributed by atoms with Gasteiger partial charge in [-0.05, 0) is 55.0 Å². The molecule has 27 heavy (non-hydrogen) atoms. The van der Waals surface area contributed by atoms with Crippen LogP contribution in [0.3, 0.4) is 0 Å². The van der Waals surface area contributed by atoms with Crippen molar-refractivity contribution in [1.82, 2.24) is 15.2 Å². The zero-order valence-corrected chi connectivity index (χ0v) is 16.2. The van der Waals surface area contributed by atoms with Gasteiger partial charge in [-0.25, -0.2) is 4.79 Å². The molecule has 1 heterocycles. The number of carbonyl (C=O) groups is 1. The summed E-state index contributed by atoms with van der Waals surface area (Å²) in [6.07, 6.45) is 5.07. The summed E-state index contributed by atoms with van der Waals surface area (Å²) in [4.78, 5) is 18.8. The van der Waals surface area contributed by atoms with E-state index in [9.17, 15) is 4.79 Å². The zero-order valence-electron chi connectivity index (χ0n) is 16.2. The number of carbonyl (C=O) groups excluding carboxylic acids is 1. The molecule has 0 aliphatic heterocycles. The Kier molecular flexibility index (Phi) is 6.69. The highest BCUT2D eigenvalue weighted by molar-refractivity contribution is 5.74. The van der Waals surface area contributed by atoms with Crippen molar-refractivity contribution in [2.45, 2.75) is 52.3 Å². The van der Waals surface area contributed by atoms with Crippen molar-refractivity contribution < 1.29 is 9.53 Å². The molecule has 2 aromatic rings. The second kappa shape index (κ2) is 9.40. The number of nitrogens with zero attached hydrogens (tertiary/aromatic N) is 2. The van der Waals surface area contributed by atoms with Crippen LogP contribution < -0.4 is 10.1 Å². The maximum atomic E-state index is 12.5. The minimum absolute atomic E-state index is 0.0497. The van der Waals surface area contributed by atoms with Gasteiger partial charge in [0.05, 0.1) is 5.69 Å². The maximum absolute atomic E-state index is 12.5. The SMILES string of the molecule is CC(C)CCN(C(=O)NCc1ccc(OCc2ccccn2)cc1)C1CC1. The van der Waals surface area contributed by atoms with Crippen molar-refractivity contribution in [3.05, 3.63) is 59.9 Å². The molecule has 0 bridgehead atoms. The number of hydrogen-bond acceptors (Lipinski definition) is 3. The third kappa shape index (κ3) is 6.27. The van der Waals surface area contributed by atoms with Crippen LogP contribution in [0.2, 0.25) is 0 Å². The van der Waals surface area contributed by atoms with Gasteiger partial charge < -0.3 is 15.0 Å². The summed E-state index contributed by atoms with van der Waals surface area (Å²) in [6.45, 7) is 6.21. The van der Waals surface area contributed by atoms with Crippen molar-refractivity contribution in [3.8, 4) is 5.75 Å². The average Bonchev–Trinajstić information content (AvgIpc) is 3.51. The molecule has 1 saturated carbocycles. The van der Waals surface area contributed by atoms with E-state index in [2.05, 4.69) is 24.1 Å². The number of urea groups is 1. The number of hydrogen-bond donors (Lipinski definition) is 1. The molecule has 144 valence electrons. The number of amides is 2. The Morgan fingerprint density at radius 1 is 1.22 bits per heavy atom. The van der Waals surface area contributed by atoms with Crippen molar-refractivity contribution in [1.29, 1.82) is 0 Å². The first-order valence-electron chi connectivity index (χ1n) is 9.78. The molecular weight excluding hydrogens is 338 g/mol. The highest BCUT2D eigenvalue weighted by atomic mass is 16.5. The van der Waals surface area contributed by atoms with E-state index in [0.29, 0.717) is 25.1 Å². The van der Waals surface area contributed by atoms with Crippen molar-refractivity contribution in [2.75, 3.05) is 6.54 Å². The second-order valence-electron chi connectivity index (χ2n) is 7.52. The van der Waals surface area contributed by atoms with Gasteiger partial charge in [0.2, 0.25) is 0 Å². The third-order valence-corrected chi connectivity index (χ3v) is 4.68. The summed E-state index contributed by atoms with van der Waals surface area (Å²) in [6, 6.07) is 14.1. The minimum atomic E-state index is 0.0497. The molecule has 0 radical (unpaired) electrons. The molecule has 0 spiro atoms. The predicted molar refractivity (Wildman–Crippen MR) is 106 cm³/mol. The number of aromatic nitrogens is 1. The molecule has 1 N–H and O–H groups in total. The fraction of sp³-hybridized carbons (Fsp3) is 0.455. The molecule has 1 aromatic carbocycles. The van der Waals surface area contributed by atoms with Gasteiger partial charge in [0, 0.05) is 25.3 Å². The molecule has 1 aromatic heterocycles. The lowest BCUT2D eigenvalue weighted by atomic mass is 10.1. The number of nitrogens with one attached hydrogen (secondary N) is 1.